The average molecular weight is 339 g/mol. The van der Waals surface area contributed by atoms with E-state index in [0.29, 0.717) is 5.92 Å². The van der Waals surface area contributed by atoms with Crippen LogP contribution in [0, 0.1) is 0 Å². The second kappa shape index (κ2) is 5.27. The van der Waals surface area contributed by atoms with E-state index in [4.69, 9.17) is 9.62 Å². The molecule has 5 rings (SSSR count). The molecule has 0 radical (unpaired) electrons. The SMILES string of the molecule is CN(C(=O)c1ccno1)C1CN(c2ccc3nnc(C4CC4)n3n2)C1. The highest BCUT2D eigenvalue weighted by atomic mass is 16.5. The molecule has 0 spiro atoms. The Hall–Kier alpha value is -2.97. The summed E-state index contributed by atoms with van der Waals surface area (Å²) in [6.07, 6.45) is 3.80. The van der Waals surface area contributed by atoms with Crippen molar-refractivity contribution in [1.29, 1.82) is 0 Å². The summed E-state index contributed by atoms with van der Waals surface area (Å²) in [7, 11) is 1.79. The lowest BCUT2D eigenvalue weighted by atomic mass is 10.1. The maximum absolute atomic E-state index is 12.3. The van der Waals surface area contributed by atoms with Crippen molar-refractivity contribution in [3.63, 3.8) is 0 Å². The molecule has 2 fully saturated rings. The second-order valence-electron chi connectivity index (χ2n) is 6.65. The van der Waals surface area contributed by atoms with Gasteiger partial charge >= 0.3 is 0 Å². The molecule has 1 saturated heterocycles. The van der Waals surface area contributed by atoms with Gasteiger partial charge in [-0.1, -0.05) is 5.16 Å². The van der Waals surface area contributed by atoms with Crippen LogP contribution in [0.3, 0.4) is 0 Å². The lowest BCUT2D eigenvalue weighted by molar-refractivity contribution is 0.0663. The molecule has 0 atom stereocenters. The second-order valence-corrected chi connectivity index (χ2v) is 6.65. The topological polar surface area (TPSA) is 92.7 Å². The fourth-order valence-electron chi connectivity index (χ4n) is 3.11. The molecule has 3 aromatic heterocycles. The summed E-state index contributed by atoms with van der Waals surface area (Å²) in [5, 5.41) is 16.7. The van der Waals surface area contributed by atoms with Crippen molar-refractivity contribution in [1.82, 2.24) is 29.9 Å². The zero-order chi connectivity index (χ0) is 17.0. The van der Waals surface area contributed by atoms with Gasteiger partial charge in [0.2, 0.25) is 5.76 Å². The highest BCUT2D eigenvalue weighted by molar-refractivity contribution is 5.91. The first-order chi connectivity index (χ1) is 12.2. The van der Waals surface area contributed by atoms with E-state index < -0.39 is 0 Å². The van der Waals surface area contributed by atoms with E-state index in [9.17, 15) is 4.79 Å². The Bertz CT molecular complexity index is 925. The number of amides is 1. The Morgan fingerprint density at radius 3 is 2.80 bits per heavy atom. The summed E-state index contributed by atoms with van der Waals surface area (Å²) >= 11 is 0. The third-order valence-electron chi connectivity index (χ3n) is 4.92. The Balaban J connectivity index is 1.31. The molecule has 9 nitrogen and oxygen atoms in total. The van der Waals surface area contributed by atoms with Gasteiger partial charge in [0, 0.05) is 32.1 Å². The van der Waals surface area contributed by atoms with E-state index in [-0.39, 0.29) is 17.7 Å². The smallest absolute Gasteiger partial charge is 0.292 e. The minimum Gasteiger partial charge on any atom is -0.351 e. The first-order valence-corrected chi connectivity index (χ1v) is 8.36. The summed E-state index contributed by atoms with van der Waals surface area (Å²) in [6, 6.07) is 5.60. The van der Waals surface area contributed by atoms with Crippen LogP contribution in [0.25, 0.3) is 5.65 Å². The van der Waals surface area contributed by atoms with Crippen LogP contribution in [0.5, 0.6) is 0 Å². The maximum Gasteiger partial charge on any atom is 0.292 e. The molecule has 4 heterocycles. The number of fused-ring (bicyclic) bond motifs is 1. The van der Waals surface area contributed by atoms with Crippen LogP contribution < -0.4 is 4.90 Å². The highest BCUT2D eigenvalue weighted by Crippen LogP contribution is 2.38. The summed E-state index contributed by atoms with van der Waals surface area (Å²) in [5.41, 5.74) is 0.778. The number of hydrogen-bond donors (Lipinski definition) is 0. The van der Waals surface area contributed by atoms with E-state index in [1.54, 1.807) is 18.0 Å². The number of hydrogen-bond acceptors (Lipinski definition) is 7. The van der Waals surface area contributed by atoms with Crippen LogP contribution in [0.1, 0.15) is 35.1 Å². The highest BCUT2D eigenvalue weighted by Gasteiger charge is 2.35. The number of aromatic nitrogens is 5. The van der Waals surface area contributed by atoms with E-state index in [1.807, 2.05) is 16.6 Å². The van der Waals surface area contributed by atoms with Crippen molar-refractivity contribution in [2.24, 2.45) is 0 Å². The summed E-state index contributed by atoms with van der Waals surface area (Å²) in [6.45, 7) is 1.46. The number of nitrogens with zero attached hydrogens (tertiary/aromatic N) is 7. The fourth-order valence-corrected chi connectivity index (χ4v) is 3.11. The molecule has 0 aromatic carbocycles. The Morgan fingerprint density at radius 1 is 1.24 bits per heavy atom. The summed E-state index contributed by atoms with van der Waals surface area (Å²) in [5.74, 6) is 2.43. The molecular weight excluding hydrogens is 322 g/mol. The van der Waals surface area contributed by atoms with E-state index in [1.165, 1.54) is 6.20 Å². The molecule has 0 unspecified atom stereocenters. The first kappa shape index (κ1) is 14.4. The van der Waals surface area contributed by atoms with Gasteiger partial charge in [-0.3, -0.25) is 4.79 Å². The molecule has 1 saturated carbocycles. The molecule has 25 heavy (non-hydrogen) atoms. The van der Waals surface area contributed by atoms with Crippen LogP contribution in [-0.4, -0.2) is 62.0 Å². The predicted octanol–water partition coefficient (Wildman–Crippen LogP) is 0.950. The van der Waals surface area contributed by atoms with Crippen molar-refractivity contribution in [2.75, 3.05) is 25.0 Å². The first-order valence-electron chi connectivity index (χ1n) is 8.36. The minimum atomic E-state index is -0.152. The van der Waals surface area contributed by atoms with Crippen LogP contribution in [0.15, 0.2) is 28.9 Å². The van der Waals surface area contributed by atoms with Gasteiger partial charge in [0.05, 0.1) is 12.2 Å². The molecule has 9 heteroatoms. The molecule has 1 amide bonds. The molecule has 128 valence electrons. The standard InChI is InChI=1S/C16H17N7O2/c1-21(16(24)12-6-7-17-25-12)11-8-22(9-11)14-5-4-13-18-19-15(10-2-3-10)23(13)20-14/h4-7,10-11H,2-3,8-9H2,1H3. The van der Waals surface area contributed by atoms with Gasteiger partial charge in [0.1, 0.15) is 5.82 Å². The van der Waals surface area contributed by atoms with E-state index >= 15 is 0 Å². The molecule has 3 aromatic rings. The fraction of sp³-hybridized carbons (Fsp3) is 0.438. The minimum absolute atomic E-state index is 0.124. The average Bonchev–Trinajstić information content (AvgIpc) is 3.11. The van der Waals surface area contributed by atoms with Crippen LogP contribution in [-0.2, 0) is 0 Å². The third kappa shape index (κ3) is 2.34. The Labute approximate surface area is 143 Å². The Kier molecular flexibility index (Phi) is 3.03. The number of likely N-dealkylation sites (N-methyl/N-ethyl adjacent to an activating group) is 1. The monoisotopic (exact) mass is 339 g/mol. The van der Waals surface area contributed by atoms with Crippen molar-refractivity contribution >= 4 is 17.4 Å². The summed E-state index contributed by atoms with van der Waals surface area (Å²) < 4.78 is 6.79. The Morgan fingerprint density at radius 2 is 2.08 bits per heavy atom. The van der Waals surface area contributed by atoms with Gasteiger partial charge < -0.3 is 14.3 Å². The van der Waals surface area contributed by atoms with Gasteiger partial charge in [0.15, 0.2) is 11.5 Å². The summed E-state index contributed by atoms with van der Waals surface area (Å²) in [4.78, 5) is 16.1. The predicted molar refractivity (Wildman–Crippen MR) is 87.4 cm³/mol. The lowest BCUT2D eigenvalue weighted by Crippen LogP contribution is -2.60. The quantitative estimate of drug-likeness (QED) is 0.698. The van der Waals surface area contributed by atoms with Crippen molar-refractivity contribution in [2.45, 2.75) is 24.8 Å². The van der Waals surface area contributed by atoms with Crippen LogP contribution in [0.4, 0.5) is 5.82 Å². The van der Waals surface area contributed by atoms with Gasteiger partial charge in [-0.15, -0.1) is 15.3 Å². The molecule has 0 bridgehead atoms. The number of carbonyl (C=O) groups is 1. The third-order valence-corrected chi connectivity index (χ3v) is 4.92. The van der Waals surface area contributed by atoms with Gasteiger partial charge in [0.25, 0.3) is 5.91 Å². The normalized spacial score (nSPS) is 17.7. The molecule has 1 aliphatic heterocycles. The van der Waals surface area contributed by atoms with Gasteiger partial charge in [-0.05, 0) is 25.0 Å². The van der Waals surface area contributed by atoms with Crippen molar-refractivity contribution in [3.8, 4) is 0 Å². The molecule has 2 aliphatic rings. The van der Waals surface area contributed by atoms with Gasteiger partial charge in [-0.2, -0.15) is 4.52 Å². The van der Waals surface area contributed by atoms with Crippen molar-refractivity contribution < 1.29 is 9.32 Å². The van der Waals surface area contributed by atoms with Gasteiger partial charge in [-0.25, -0.2) is 0 Å². The largest absolute Gasteiger partial charge is 0.351 e. The maximum atomic E-state index is 12.3. The zero-order valence-corrected chi connectivity index (χ0v) is 13.7. The lowest BCUT2D eigenvalue weighted by Gasteiger charge is -2.44. The van der Waals surface area contributed by atoms with Crippen LogP contribution >= 0.6 is 0 Å². The van der Waals surface area contributed by atoms with Crippen molar-refractivity contribution in [3.05, 3.63) is 36.0 Å². The number of anilines is 1. The van der Waals surface area contributed by atoms with E-state index in [2.05, 4.69) is 20.3 Å². The molecular formula is C16H17N7O2. The van der Waals surface area contributed by atoms with Crippen LogP contribution in [0.2, 0.25) is 0 Å². The molecule has 1 aliphatic carbocycles. The molecule has 0 N–H and O–H groups in total. The van der Waals surface area contributed by atoms with E-state index in [0.717, 1.165) is 43.2 Å². The number of rotatable bonds is 4. The number of carbonyl (C=O) groups excluding carboxylic acids is 1. The zero-order valence-electron chi connectivity index (χ0n) is 13.7.